The van der Waals surface area contributed by atoms with Crippen LogP contribution >= 0.6 is 0 Å². The fourth-order valence-electron chi connectivity index (χ4n) is 1.19. The van der Waals surface area contributed by atoms with Crippen LogP contribution < -0.4 is 5.73 Å². The number of nitrogens with two attached hydrogens (primary N) is 1. The first kappa shape index (κ1) is 8.36. The number of nitro groups is 1. The molecular weight excluding hydrogens is 184 g/mol. The Kier molecular flexibility index (Phi) is 1.74. The molecule has 0 amide bonds. The van der Waals surface area contributed by atoms with Gasteiger partial charge < -0.3 is 5.73 Å². The number of nitrogen functional groups attached to an aromatic ring is 1. The average molecular weight is 190 g/mol. The first-order valence-corrected chi connectivity index (χ1v) is 3.84. The van der Waals surface area contributed by atoms with Crippen LogP contribution in [-0.4, -0.2) is 14.9 Å². The van der Waals surface area contributed by atoms with Gasteiger partial charge in [0.1, 0.15) is 11.9 Å². The van der Waals surface area contributed by atoms with Crippen molar-refractivity contribution in [1.82, 2.24) is 9.97 Å². The Morgan fingerprint density at radius 2 is 2.21 bits per heavy atom. The maximum atomic E-state index is 10.5. The zero-order chi connectivity index (χ0) is 10.1. The van der Waals surface area contributed by atoms with Gasteiger partial charge in [0, 0.05) is 11.6 Å². The standard InChI is InChI=1S/C8H6N4O2/c9-7-5-2-1-3-10-8(5)11-4-6(7)12(13)14/h1-4H,(H2,9,10,11). The van der Waals surface area contributed by atoms with Gasteiger partial charge in [0.25, 0.3) is 0 Å². The molecule has 0 aromatic carbocycles. The molecule has 0 bridgehead atoms. The minimum Gasteiger partial charge on any atom is -0.393 e. The molecule has 70 valence electrons. The van der Waals surface area contributed by atoms with E-state index in [0.29, 0.717) is 11.0 Å². The van der Waals surface area contributed by atoms with E-state index in [2.05, 4.69) is 9.97 Å². The molecule has 0 radical (unpaired) electrons. The van der Waals surface area contributed by atoms with E-state index in [1.165, 1.54) is 0 Å². The molecule has 0 fully saturated rings. The second kappa shape index (κ2) is 2.91. The minimum absolute atomic E-state index is 0.105. The van der Waals surface area contributed by atoms with Crippen LogP contribution in [0.4, 0.5) is 11.4 Å². The molecule has 0 aliphatic rings. The number of pyridine rings is 2. The number of hydrogen-bond donors (Lipinski definition) is 1. The zero-order valence-electron chi connectivity index (χ0n) is 7.04. The van der Waals surface area contributed by atoms with Gasteiger partial charge in [-0.25, -0.2) is 9.97 Å². The zero-order valence-corrected chi connectivity index (χ0v) is 7.04. The number of hydrogen-bond acceptors (Lipinski definition) is 5. The maximum Gasteiger partial charge on any atom is 0.311 e. The third-order valence-corrected chi connectivity index (χ3v) is 1.86. The average Bonchev–Trinajstić information content (AvgIpc) is 2.18. The lowest BCUT2D eigenvalue weighted by Crippen LogP contribution is -1.98. The van der Waals surface area contributed by atoms with Gasteiger partial charge in [-0.1, -0.05) is 0 Å². The summed E-state index contributed by atoms with van der Waals surface area (Å²) < 4.78 is 0. The van der Waals surface area contributed by atoms with Crippen LogP contribution in [0, 0.1) is 10.1 Å². The Morgan fingerprint density at radius 1 is 1.43 bits per heavy atom. The Bertz CT molecular complexity index is 512. The van der Waals surface area contributed by atoms with Gasteiger partial charge in [-0.2, -0.15) is 0 Å². The summed E-state index contributed by atoms with van der Waals surface area (Å²) in [4.78, 5) is 17.7. The lowest BCUT2D eigenvalue weighted by atomic mass is 10.2. The van der Waals surface area contributed by atoms with Gasteiger partial charge in [0.05, 0.1) is 4.92 Å². The minimum atomic E-state index is -0.561. The molecule has 0 saturated carbocycles. The second-order valence-corrected chi connectivity index (χ2v) is 2.69. The summed E-state index contributed by atoms with van der Waals surface area (Å²) >= 11 is 0. The second-order valence-electron chi connectivity index (χ2n) is 2.69. The molecule has 0 atom stereocenters. The molecule has 2 aromatic rings. The van der Waals surface area contributed by atoms with Gasteiger partial charge in [0.2, 0.25) is 0 Å². The fourth-order valence-corrected chi connectivity index (χ4v) is 1.19. The molecule has 0 aliphatic carbocycles. The number of anilines is 1. The largest absolute Gasteiger partial charge is 0.393 e. The van der Waals surface area contributed by atoms with Crippen LogP contribution in [0.5, 0.6) is 0 Å². The molecule has 2 rings (SSSR count). The SMILES string of the molecule is Nc1c([N+](=O)[O-])cnc2ncccc12. The predicted molar refractivity (Wildman–Crippen MR) is 50.6 cm³/mol. The smallest absolute Gasteiger partial charge is 0.311 e. The first-order valence-electron chi connectivity index (χ1n) is 3.84. The quantitative estimate of drug-likeness (QED) is 0.537. The molecule has 6 nitrogen and oxygen atoms in total. The monoisotopic (exact) mass is 190 g/mol. The summed E-state index contributed by atoms with van der Waals surface area (Å²) in [6.07, 6.45) is 2.67. The van der Waals surface area contributed by atoms with E-state index in [0.717, 1.165) is 6.20 Å². The van der Waals surface area contributed by atoms with Crippen LogP contribution in [0.3, 0.4) is 0 Å². The van der Waals surface area contributed by atoms with Crippen molar-refractivity contribution in [2.24, 2.45) is 0 Å². The molecule has 14 heavy (non-hydrogen) atoms. The van der Waals surface area contributed by atoms with Crippen LogP contribution in [-0.2, 0) is 0 Å². The van der Waals surface area contributed by atoms with Crippen molar-refractivity contribution in [2.45, 2.75) is 0 Å². The number of rotatable bonds is 1. The summed E-state index contributed by atoms with van der Waals surface area (Å²) in [6, 6.07) is 3.31. The predicted octanol–water partition coefficient (Wildman–Crippen LogP) is 1.12. The Labute approximate surface area is 78.5 Å². The molecule has 2 heterocycles. The highest BCUT2D eigenvalue weighted by molar-refractivity contribution is 5.91. The summed E-state index contributed by atoms with van der Waals surface area (Å²) in [6.45, 7) is 0. The Balaban J connectivity index is 2.81. The Morgan fingerprint density at radius 3 is 2.93 bits per heavy atom. The van der Waals surface area contributed by atoms with E-state index in [9.17, 15) is 10.1 Å². The van der Waals surface area contributed by atoms with Crippen molar-refractivity contribution in [2.75, 3.05) is 5.73 Å². The molecule has 2 N–H and O–H groups in total. The van der Waals surface area contributed by atoms with E-state index < -0.39 is 4.92 Å². The van der Waals surface area contributed by atoms with Gasteiger partial charge in [-0.05, 0) is 12.1 Å². The summed E-state index contributed by atoms with van der Waals surface area (Å²) in [7, 11) is 0. The normalized spacial score (nSPS) is 10.3. The molecule has 0 spiro atoms. The highest BCUT2D eigenvalue weighted by Gasteiger charge is 2.14. The van der Waals surface area contributed by atoms with Crippen molar-refractivity contribution >= 4 is 22.4 Å². The van der Waals surface area contributed by atoms with Crippen molar-refractivity contribution in [3.05, 3.63) is 34.6 Å². The maximum absolute atomic E-state index is 10.5. The molecule has 6 heteroatoms. The van der Waals surface area contributed by atoms with Crippen LogP contribution in [0.1, 0.15) is 0 Å². The summed E-state index contributed by atoms with van der Waals surface area (Å²) in [5, 5.41) is 11.0. The summed E-state index contributed by atoms with van der Waals surface area (Å²) in [5.41, 5.74) is 5.93. The third-order valence-electron chi connectivity index (χ3n) is 1.86. The lowest BCUT2D eigenvalue weighted by molar-refractivity contribution is -0.384. The van der Waals surface area contributed by atoms with Crippen LogP contribution in [0.25, 0.3) is 11.0 Å². The number of aromatic nitrogens is 2. The Hall–Kier alpha value is -2.24. The number of nitrogens with zero attached hydrogens (tertiary/aromatic N) is 3. The van der Waals surface area contributed by atoms with Crippen molar-refractivity contribution < 1.29 is 4.92 Å². The molecular formula is C8H6N4O2. The van der Waals surface area contributed by atoms with E-state index >= 15 is 0 Å². The summed E-state index contributed by atoms with van der Waals surface area (Å²) in [5.74, 6) is 0. The fraction of sp³-hybridized carbons (Fsp3) is 0. The molecule has 0 aliphatic heterocycles. The lowest BCUT2D eigenvalue weighted by Gasteiger charge is -2.00. The molecule has 0 unspecified atom stereocenters. The topological polar surface area (TPSA) is 94.9 Å². The van der Waals surface area contributed by atoms with Crippen LogP contribution in [0.15, 0.2) is 24.5 Å². The van der Waals surface area contributed by atoms with E-state index in [1.807, 2.05) is 0 Å². The van der Waals surface area contributed by atoms with Gasteiger partial charge >= 0.3 is 5.69 Å². The van der Waals surface area contributed by atoms with Gasteiger partial charge in [0.15, 0.2) is 5.65 Å². The van der Waals surface area contributed by atoms with Crippen LogP contribution in [0.2, 0.25) is 0 Å². The van der Waals surface area contributed by atoms with E-state index in [4.69, 9.17) is 5.73 Å². The highest BCUT2D eigenvalue weighted by Crippen LogP contribution is 2.26. The van der Waals surface area contributed by atoms with Crippen molar-refractivity contribution in [3.63, 3.8) is 0 Å². The molecule has 2 aromatic heterocycles. The van der Waals surface area contributed by atoms with E-state index in [1.54, 1.807) is 18.3 Å². The van der Waals surface area contributed by atoms with E-state index in [-0.39, 0.29) is 11.4 Å². The number of fused-ring (bicyclic) bond motifs is 1. The third kappa shape index (κ3) is 1.13. The van der Waals surface area contributed by atoms with Gasteiger partial charge in [-0.15, -0.1) is 0 Å². The first-order chi connectivity index (χ1) is 6.70. The van der Waals surface area contributed by atoms with Crippen molar-refractivity contribution in [1.29, 1.82) is 0 Å². The van der Waals surface area contributed by atoms with Crippen molar-refractivity contribution in [3.8, 4) is 0 Å². The molecule has 0 saturated heterocycles. The van der Waals surface area contributed by atoms with Gasteiger partial charge in [-0.3, -0.25) is 10.1 Å². The highest BCUT2D eigenvalue weighted by atomic mass is 16.6.